The van der Waals surface area contributed by atoms with E-state index in [1.54, 1.807) is 0 Å². The van der Waals surface area contributed by atoms with E-state index in [4.69, 9.17) is 4.42 Å². The fourth-order valence-electron chi connectivity index (χ4n) is 0.844. The SMILES string of the molecule is Ic1nnc(C2CNC2)o1. The number of aromatic nitrogens is 2. The molecule has 1 aromatic rings. The molecular formula is C5H6IN3O. The van der Waals surface area contributed by atoms with Gasteiger partial charge in [-0.1, -0.05) is 0 Å². The molecule has 1 saturated heterocycles. The summed E-state index contributed by atoms with van der Waals surface area (Å²) in [5, 5.41) is 10.8. The van der Waals surface area contributed by atoms with Gasteiger partial charge in [0.05, 0.1) is 5.92 Å². The van der Waals surface area contributed by atoms with E-state index in [2.05, 4.69) is 15.5 Å². The summed E-state index contributed by atoms with van der Waals surface area (Å²) in [4.78, 5) is 0. The molecule has 0 radical (unpaired) electrons. The monoisotopic (exact) mass is 251 g/mol. The van der Waals surface area contributed by atoms with Crippen LogP contribution in [0.3, 0.4) is 0 Å². The van der Waals surface area contributed by atoms with Gasteiger partial charge in [-0.25, -0.2) is 0 Å². The highest BCUT2D eigenvalue weighted by Crippen LogP contribution is 2.18. The van der Waals surface area contributed by atoms with Crippen molar-refractivity contribution in [2.24, 2.45) is 0 Å². The molecule has 0 aliphatic carbocycles. The lowest BCUT2D eigenvalue weighted by Gasteiger charge is -2.22. The summed E-state index contributed by atoms with van der Waals surface area (Å²) in [6, 6.07) is 0. The van der Waals surface area contributed by atoms with Crippen molar-refractivity contribution in [3.05, 3.63) is 9.79 Å². The predicted molar refractivity (Wildman–Crippen MR) is 42.6 cm³/mol. The van der Waals surface area contributed by atoms with Crippen LogP contribution in [0.1, 0.15) is 11.8 Å². The van der Waals surface area contributed by atoms with E-state index < -0.39 is 0 Å². The first-order chi connectivity index (χ1) is 4.86. The van der Waals surface area contributed by atoms with Crippen LogP contribution in [0.5, 0.6) is 0 Å². The van der Waals surface area contributed by atoms with Gasteiger partial charge in [0.25, 0.3) is 3.90 Å². The minimum Gasteiger partial charge on any atom is -0.416 e. The van der Waals surface area contributed by atoms with Crippen LogP contribution in [0.4, 0.5) is 0 Å². The quantitative estimate of drug-likeness (QED) is 0.732. The molecule has 0 unspecified atom stereocenters. The molecule has 0 bridgehead atoms. The van der Waals surface area contributed by atoms with Crippen LogP contribution in [0.25, 0.3) is 0 Å². The average Bonchev–Trinajstić information content (AvgIpc) is 2.10. The molecule has 0 atom stereocenters. The first-order valence-electron chi connectivity index (χ1n) is 3.06. The van der Waals surface area contributed by atoms with E-state index in [1.807, 2.05) is 22.6 Å². The number of hydrogen-bond acceptors (Lipinski definition) is 4. The largest absolute Gasteiger partial charge is 0.416 e. The summed E-state index contributed by atoms with van der Waals surface area (Å²) < 4.78 is 5.84. The van der Waals surface area contributed by atoms with Gasteiger partial charge < -0.3 is 9.73 Å². The van der Waals surface area contributed by atoms with Crippen molar-refractivity contribution in [3.63, 3.8) is 0 Å². The molecule has 0 spiro atoms. The van der Waals surface area contributed by atoms with E-state index in [-0.39, 0.29) is 0 Å². The Morgan fingerprint density at radius 2 is 2.30 bits per heavy atom. The van der Waals surface area contributed by atoms with Gasteiger partial charge in [-0.15, -0.1) is 10.2 Å². The third kappa shape index (κ3) is 1.03. The van der Waals surface area contributed by atoms with Crippen molar-refractivity contribution in [2.75, 3.05) is 13.1 Å². The maximum absolute atomic E-state index is 5.21. The number of nitrogens with one attached hydrogen (secondary N) is 1. The molecule has 1 aliphatic heterocycles. The minimum absolute atomic E-state index is 0.455. The van der Waals surface area contributed by atoms with Crippen molar-refractivity contribution < 1.29 is 4.42 Å². The molecule has 1 aromatic heterocycles. The Morgan fingerprint density at radius 1 is 1.50 bits per heavy atom. The summed E-state index contributed by atoms with van der Waals surface area (Å²) in [5.74, 6) is 1.22. The Labute approximate surface area is 71.5 Å². The maximum Gasteiger partial charge on any atom is 0.278 e. The molecule has 0 amide bonds. The van der Waals surface area contributed by atoms with Gasteiger partial charge >= 0.3 is 0 Å². The topological polar surface area (TPSA) is 51.0 Å². The van der Waals surface area contributed by atoms with E-state index in [0.717, 1.165) is 19.0 Å². The van der Waals surface area contributed by atoms with Gasteiger partial charge in [0, 0.05) is 35.7 Å². The predicted octanol–water partition coefficient (Wildman–Crippen LogP) is 0.361. The van der Waals surface area contributed by atoms with Crippen LogP contribution < -0.4 is 5.32 Å². The molecule has 10 heavy (non-hydrogen) atoms. The third-order valence-corrected chi connectivity index (χ3v) is 1.98. The lowest BCUT2D eigenvalue weighted by atomic mass is 10.0. The van der Waals surface area contributed by atoms with E-state index in [9.17, 15) is 0 Å². The normalized spacial score (nSPS) is 18.9. The van der Waals surface area contributed by atoms with Crippen LogP contribution >= 0.6 is 22.6 Å². The summed E-state index contributed by atoms with van der Waals surface area (Å²) in [5.41, 5.74) is 0. The summed E-state index contributed by atoms with van der Waals surface area (Å²) in [6.45, 7) is 1.94. The van der Waals surface area contributed by atoms with Gasteiger partial charge in [0.1, 0.15) is 0 Å². The van der Waals surface area contributed by atoms with Crippen LogP contribution in [0.2, 0.25) is 0 Å². The van der Waals surface area contributed by atoms with Gasteiger partial charge in [0.15, 0.2) is 0 Å². The molecule has 2 rings (SSSR count). The fourth-order valence-corrected chi connectivity index (χ4v) is 1.18. The standard InChI is InChI=1S/C5H6IN3O/c6-5-9-8-4(10-5)3-1-7-2-3/h3,7H,1-2H2. The zero-order chi connectivity index (χ0) is 6.97. The van der Waals surface area contributed by atoms with Gasteiger partial charge in [-0.05, 0) is 0 Å². The van der Waals surface area contributed by atoms with Gasteiger partial charge in [0.2, 0.25) is 5.89 Å². The third-order valence-electron chi connectivity index (χ3n) is 1.55. The Kier molecular flexibility index (Phi) is 1.61. The molecule has 5 heteroatoms. The number of rotatable bonds is 1. The van der Waals surface area contributed by atoms with E-state index in [0.29, 0.717) is 9.82 Å². The molecule has 54 valence electrons. The highest BCUT2D eigenvalue weighted by atomic mass is 127. The molecule has 1 aliphatic rings. The summed E-state index contributed by atoms with van der Waals surface area (Å²) in [7, 11) is 0. The fraction of sp³-hybridized carbons (Fsp3) is 0.600. The molecule has 4 nitrogen and oxygen atoms in total. The highest BCUT2D eigenvalue weighted by molar-refractivity contribution is 14.1. The molecular weight excluding hydrogens is 245 g/mol. The van der Waals surface area contributed by atoms with E-state index in [1.165, 1.54) is 0 Å². The number of nitrogens with zero attached hydrogens (tertiary/aromatic N) is 2. The second-order valence-electron chi connectivity index (χ2n) is 2.25. The van der Waals surface area contributed by atoms with Crippen molar-refractivity contribution in [3.8, 4) is 0 Å². The molecule has 0 saturated carbocycles. The number of halogens is 1. The van der Waals surface area contributed by atoms with Crippen molar-refractivity contribution in [1.29, 1.82) is 0 Å². The Balaban J connectivity index is 2.17. The van der Waals surface area contributed by atoms with Crippen molar-refractivity contribution in [2.45, 2.75) is 5.92 Å². The summed E-state index contributed by atoms with van der Waals surface area (Å²) in [6.07, 6.45) is 0. The first kappa shape index (κ1) is 6.53. The molecule has 1 fully saturated rings. The average molecular weight is 251 g/mol. The zero-order valence-electron chi connectivity index (χ0n) is 5.17. The van der Waals surface area contributed by atoms with Crippen molar-refractivity contribution in [1.82, 2.24) is 15.5 Å². The van der Waals surface area contributed by atoms with Crippen LogP contribution in [0, 0.1) is 3.90 Å². The Bertz CT molecular complexity index is 233. The molecule has 0 aromatic carbocycles. The second kappa shape index (κ2) is 2.46. The lowest BCUT2D eigenvalue weighted by molar-refractivity contribution is 0.349. The molecule has 2 heterocycles. The van der Waals surface area contributed by atoms with Crippen LogP contribution in [-0.4, -0.2) is 23.3 Å². The van der Waals surface area contributed by atoms with Gasteiger partial charge in [-0.2, -0.15) is 0 Å². The first-order valence-corrected chi connectivity index (χ1v) is 4.14. The Morgan fingerprint density at radius 3 is 2.70 bits per heavy atom. The maximum atomic E-state index is 5.21. The zero-order valence-corrected chi connectivity index (χ0v) is 7.33. The van der Waals surface area contributed by atoms with Crippen LogP contribution in [-0.2, 0) is 0 Å². The second-order valence-corrected chi connectivity index (χ2v) is 3.17. The lowest BCUT2D eigenvalue weighted by Crippen LogP contribution is -2.40. The summed E-state index contributed by atoms with van der Waals surface area (Å²) >= 11 is 2.01. The smallest absolute Gasteiger partial charge is 0.278 e. The number of hydrogen-bond donors (Lipinski definition) is 1. The van der Waals surface area contributed by atoms with Gasteiger partial charge in [-0.3, -0.25) is 0 Å². The van der Waals surface area contributed by atoms with Crippen molar-refractivity contribution >= 4 is 22.6 Å². The minimum atomic E-state index is 0.455. The highest BCUT2D eigenvalue weighted by Gasteiger charge is 2.24. The van der Waals surface area contributed by atoms with E-state index >= 15 is 0 Å². The van der Waals surface area contributed by atoms with Crippen LogP contribution in [0.15, 0.2) is 4.42 Å². The molecule has 1 N–H and O–H groups in total. The Hall–Kier alpha value is -0.170.